The first kappa shape index (κ1) is 16.5. The van der Waals surface area contributed by atoms with Crippen molar-refractivity contribution in [3.05, 3.63) is 35.9 Å². The number of ether oxygens (including phenoxy) is 3. The summed E-state index contributed by atoms with van der Waals surface area (Å²) in [7, 11) is -1.46. The van der Waals surface area contributed by atoms with E-state index in [1.807, 2.05) is 30.3 Å². The highest BCUT2D eigenvalue weighted by Gasteiger charge is 2.24. The van der Waals surface area contributed by atoms with Crippen LogP contribution in [-0.2, 0) is 20.8 Å². The second kappa shape index (κ2) is 9.17. The van der Waals surface area contributed by atoms with Gasteiger partial charge in [0.2, 0.25) is 0 Å². The summed E-state index contributed by atoms with van der Waals surface area (Å²) >= 11 is 0. The molecule has 0 radical (unpaired) electrons. The molecule has 1 aromatic rings. The fourth-order valence-electron chi connectivity index (χ4n) is 2.35. The Labute approximate surface area is 126 Å². The highest BCUT2D eigenvalue weighted by atomic mass is 16.6. The summed E-state index contributed by atoms with van der Waals surface area (Å²) in [6.07, 6.45) is 2.36. The first-order chi connectivity index (χ1) is 10.3. The molecule has 0 aliphatic carbocycles. The number of hydrogen-bond acceptors (Lipinski definition) is 5. The van der Waals surface area contributed by atoms with Gasteiger partial charge in [-0.25, -0.2) is 0 Å². The van der Waals surface area contributed by atoms with Gasteiger partial charge in [-0.3, -0.25) is 0 Å². The van der Waals surface area contributed by atoms with Crippen LogP contribution in [0.2, 0.25) is 0 Å². The van der Waals surface area contributed by atoms with Crippen molar-refractivity contribution in [3.8, 4) is 0 Å². The third-order valence-corrected chi connectivity index (χ3v) is 3.54. The molecule has 2 rings (SSSR count). The van der Waals surface area contributed by atoms with Gasteiger partial charge in [-0.05, 0) is 24.8 Å². The van der Waals surface area contributed by atoms with Crippen LogP contribution in [0.15, 0.2) is 30.3 Å². The van der Waals surface area contributed by atoms with E-state index >= 15 is 0 Å². The molecule has 0 amide bonds. The van der Waals surface area contributed by atoms with E-state index in [-0.39, 0.29) is 6.10 Å². The molecule has 0 spiro atoms. The SMILES string of the molecule is OB(O)[C@@H](CCCC1COCCO1)OCc1ccccc1. The predicted molar refractivity (Wildman–Crippen MR) is 79.6 cm³/mol. The second-order valence-electron chi connectivity index (χ2n) is 5.25. The Morgan fingerprint density at radius 3 is 2.71 bits per heavy atom. The van der Waals surface area contributed by atoms with Crippen LogP contribution in [0, 0.1) is 0 Å². The molecule has 1 unspecified atom stereocenters. The molecule has 1 aromatic carbocycles. The normalized spacial score (nSPS) is 20.2. The second-order valence-corrected chi connectivity index (χ2v) is 5.25. The summed E-state index contributed by atoms with van der Waals surface area (Å²) in [6.45, 7) is 2.30. The standard InChI is InChI=1S/C15H23BO5/c17-16(18)15(21-11-13-5-2-1-3-6-13)8-4-7-14-12-19-9-10-20-14/h1-3,5-6,14-15,17-18H,4,7-12H2/t14?,15-/m1/s1. The van der Waals surface area contributed by atoms with E-state index in [1.54, 1.807) is 0 Å². The molecule has 1 aliphatic heterocycles. The Bertz CT molecular complexity index is 381. The van der Waals surface area contributed by atoms with Gasteiger partial charge in [0.15, 0.2) is 0 Å². The van der Waals surface area contributed by atoms with Crippen LogP contribution in [-0.4, -0.2) is 49.1 Å². The minimum Gasteiger partial charge on any atom is -0.425 e. The molecule has 116 valence electrons. The van der Waals surface area contributed by atoms with Gasteiger partial charge in [-0.2, -0.15) is 0 Å². The molecule has 21 heavy (non-hydrogen) atoms. The molecule has 0 saturated carbocycles. The largest absolute Gasteiger partial charge is 0.482 e. The number of hydrogen-bond donors (Lipinski definition) is 2. The van der Waals surface area contributed by atoms with Crippen LogP contribution in [0.4, 0.5) is 0 Å². The average molecular weight is 294 g/mol. The van der Waals surface area contributed by atoms with E-state index in [9.17, 15) is 10.0 Å². The van der Waals surface area contributed by atoms with Crippen LogP contribution < -0.4 is 0 Å². The third-order valence-electron chi connectivity index (χ3n) is 3.54. The van der Waals surface area contributed by atoms with Crippen LogP contribution in [0.5, 0.6) is 0 Å². The van der Waals surface area contributed by atoms with Crippen molar-refractivity contribution in [2.24, 2.45) is 0 Å². The Balaban J connectivity index is 1.68. The summed E-state index contributed by atoms with van der Waals surface area (Å²) in [6, 6.07) is 9.14. The van der Waals surface area contributed by atoms with Gasteiger partial charge in [0.05, 0.1) is 38.5 Å². The lowest BCUT2D eigenvalue weighted by molar-refractivity contribution is -0.0919. The molecule has 2 atom stereocenters. The van der Waals surface area contributed by atoms with Crippen LogP contribution in [0.3, 0.4) is 0 Å². The molecule has 1 heterocycles. The highest BCUT2D eigenvalue weighted by molar-refractivity contribution is 6.42. The summed E-state index contributed by atoms with van der Waals surface area (Å²) in [4.78, 5) is 0. The summed E-state index contributed by atoms with van der Waals surface area (Å²) in [5.74, 6) is 0. The third kappa shape index (κ3) is 6.15. The highest BCUT2D eigenvalue weighted by Crippen LogP contribution is 2.14. The van der Waals surface area contributed by atoms with E-state index in [0.29, 0.717) is 32.8 Å². The summed E-state index contributed by atoms with van der Waals surface area (Å²) < 4.78 is 16.5. The summed E-state index contributed by atoms with van der Waals surface area (Å²) in [5.41, 5.74) is 1.02. The van der Waals surface area contributed by atoms with E-state index in [0.717, 1.165) is 18.4 Å². The van der Waals surface area contributed by atoms with Crippen molar-refractivity contribution >= 4 is 7.12 Å². The maximum Gasteiger partial charge on any atom is 0.482 e. The molecular formula is C15H23BO5. The van der Waals surface area contributed by atoms with E-state index in [4.69, 9.17) is 14.2 Å². The zero-order chi connectivity index (χ0) is 14.9. The quantitative estimate of drug-likeness (QED) is 0.704. The number of rotatable bonds is 8. The Morgan fingerprint density at radius 1 is 1.24 bits per heavy atom. The van der Waals surface area contributed by atoms with Crippen molar-refractivity contribution < 1.29 is 24.3 Å². The predicted octanol–water partition coefficient (Wildman–Crippen LogP) is 1.17. The van der Waals surface area contributed by atoms with Gasteiger partial charge >= 0.3 is 7.12 Å². The molecule has 0 bridgehead atoms. The van der Waals surface area contributed by atoms with Crippen molar-refractivity contribution in [1.82, 2.24) is 0 Å². The van der Waals surface area contributed by atoms with Gasteiger partial charge < -0.3 is 24.3 Å². The molecule has 5 nitrogen and oxygen atoms in total. The topological polar surface area (TPSA) is 68.2 Å². The molecule has 1 fully saturated rings. The van der Waals surface area contributed by atoms with Crippen molar-refractivity contribution in [1.29, 1.82) is 0 Å². The molecule has 1 saturated heterocycles. The zero-order valence-corrected chi connectivity index (χ0v) is 12.2. The van der Waals surface area contributed by atoms with Gasteiger partial charge in [-0.15, -0.1) is 0 Å². The minimum atomic E-state index is -1.46. The Kier molecular flexibility index (Phi) is 7.19. The smallest absolute Gasteiger partial charge is 0.425 e. The summed E-state index contributed by atoms with van der Waals surface area (Å²) in [5, 5.41) is 18.8. The molecule has 2 N–H and O–H groups in total. The van der Waals surface area contributed by atoms with Gasteiger partial charge in [0, 0.05) is 0 Å². The monoisotopic (exact) mass is 294 g/mol. The van der Waals surface area contributed by atoms with Crippen molar-refractivity contribution in [3.63, 3.8) is 0 Å². The first-order valence-electron chi connectivity index (χ1n) is 7.46. The van der Waals surface area contributed by atoms with E-state index in [2.05, 4.69) is 0 Å². The zero-order valence-electron chi connectivity index (χ0n) is 12.2. The van der Waals surface area contributed by atoms with Crippen LogP contribution in [0.1, 0.15) is 24.8 Å². The molecule has 0 aromatic heterocycles. The maximum atomic E-state index is 9.40. The van der Waals surface area contributed by atoms with Crippen LogP contribution >= 0.6 is 0 Å². The van der Waals surface area contributed by atoms with Gasteiger partial charge in [-0.1, -0.05) is 30.3 Å². The number of benzene rings is 1. The minimum absolute atomic E-state index is 0.115. The fourth-order valence-corrected chi connectivity index (χ4v) is 2.35. The Hall–Kier alpha value is -0.915. The van der Waals surface area contributed by atoms with Crippen LogP contribution in [0.25, 0.3) is 0 Å². The van der Waals surface area contributed by atoms with Crippen molar-refractivity contribution in [2.45, 2.75) is 38.0 Å². The van der Waals surface area contributed by atoms with Crippen molar-refractivity contribution in [2.75, 3.05) is 19.8 Å². The van der Waals surface area contributed by atoms with Gasteiger partial charge in [0.1, 0.15) is 0 Å². The first-order valence-corrected chi connectivity index (χ1v) is 7.46. The molecule has 1 aliphatic rings. The molecule has 6 heteroatoms. The molecular weight excluding hydrogens is 271 g/mol. The Morgan fingerprint density at radius 2 is 2.05 bits per heavy atom. The average Bonchev–Trinajstić information content (AvgIpc) is 2.52. The van der Waals surface area contributed by atoms with Gasteiger partial charge in [0.25, 0.3) is 0 Å². The lowest BCUT2D eigenvalue weighted by Gasteiger charge is -2.23. The van der Waals surface area contributed by atoms with E-state index in [1.165, 1.54) is 0 Å². The van der Waals surface area contributed by atoms with E-state index < -0.39 is 13.1 Å². The lowest BCUT2D eigenvalue weighted by atomic mass is 9.79. The lowest BCUT2D eigenvalue weighted by Crippen LogP contribution is -2.34. The fraction of sp³-hybridized carbons (Fsp3) is 0.600. The maximum absolute atomic E-state index is 9.40.